The number of nitrogens with zero attached hydrogens (tertiary/aromatic N) is 2. The number of carbonyl (C=O) groups is 1. The highest BCUT2D eigenvalue weighted by atomic mass is 19.1. The van der Waals surface area contributed by atoms with Crippen molar-refractivity contribution in [2.45, 2.75) is 12.8 Å². The Kier molecular flexibility index (Phi) is 6.01. The van der Waals surface area contributed by atoms with E-state index in [9.17, 15) is 9.18 Å². The fourth-order valence-electron chi connectivity index (χ4n) is 3.09. The highest BCUT2D eigenvalue weighted by molar-refractivity contribution is 5.89. The number of piperazine rings is 1. The van der Waals surface area contributed by atoms with Gasteiger partial charge in [0.2, 0.25) is 0 Å². The molecule has 0 saturated carbocycles. The van der Waals surface area contributed by atoms with E-state index < -0.39 is 0 Å². The molecule has 5 heteroatoms. The third-order valence-electron chi connectivity index (χ3n) is 4.56. The van der Waals surface area contributed by atoms with Gasteiger partial charge in [-0.3, -0.25) is 4.90 Å². The predicted molar refractivity (Wildman–Crippen MR) is 98.2 cm³/mol. The van der Waals surface area contributed by atoms with E-state index in [-0.39, 0.29) is 11.8 Å². The molecule has 1 aliphatic heterocycles. The predicted octanol–water partition coefficient (Wildman–Crippen LogP) is 3.61. The van der Waals surface area contributed by atoms with E-state index in [1.807, 2.05) is 47.4 Å². The van der Waals surface area contributed by atoms with Crippen molar-refractivity contribution < 1.29 is 9.18 Å². The summed E-state index contributed by atoms with van der Waals surface area (Å²) in [6, 6.07) is 16.4. The average molecular weight is 341 g/mol. The quantitative estimate of drug-likeness (QED) is 0.902. The van der Waals surface area contributed by atoms with Gasteiger partial charge in [-0.1, -0.05) is 36.4 Å². The van der Waals surface area contributed by atoms with E-state index in [4.69, 9.17) is 0 Å². The van der Waals surface area contributed by atoms with Crippen LogP contribution in [0.5, 0.6) is 0 Å². The van der Waals surface area contributed by atoms with Gasteiger partial charge in [-0.25, -0.2) is 9.18 Å². The zero-order valence-corrected chi connectivity index (χ0v) is 14.3. The molecule has 0 atom stereocenters. The SMILES string of the molecule is O=C(Nc1ccccc1)N1CCN(CCCc2ccccc2F)CC1. The van der Waals surface area contributed by atoms with Crippen LogP contribution >= 0.6 is 0 Å². The number of benzene rings is 2. The first-order valence-electron chi connectivity index (χ1n) is 8.79. The third-order valence-corrected chi connectivity index (χ3v) is 4.56. The minimum atomic E-state index is -0.120. The number of carbonyl (C=O) groups excluding carboxylic acids is 1. The summed E-state index contributed by atoms with van der Waals surface area (Å²) in [4.78, 5) is 16.5. The number of para-hydroxylation sites is 1. The summed E-state index contributed by atoms with van der Waals surface area (Å²) in [6.07, 6.45) is 1.68. The number of anilines is 1. The monoisotopic (exact) mass is 341 g/mol. The third kappa shape index (κ3) is 5.03. The molecule has 0 aliphatic carbocycles. The second-order valence-corrected chi connectivity index (χ2v) is 6.32. The molecule has 1 fully saturated rings. The Morgan fingerprint density at radius 1 is 0.960 bits per heavy atom. The van der Waals surface area contributed by atoms with E-state index in [0.29, 0.717) is 0 Å². The van der Waals surface area contributed by atoms with Crippen molar-refractivity contribution in [3.63, 3.8) is 0 Å². The summed E-state index contributed by atoms with van der Waals surface area (Å²) in [5, 5.41) is 2.92. The minimum Gasteiger partial charge on any atom is -0.322 e. The Bertz CT molecular complexity index is 684. The van der Waals surface area contributed by atoms with Gasteiger partial charge in [-0.15, -0.1) is 0 Å². The molecule has 2 aromatic carbocycles. The van der Waals surface area contributed by atoms with Gasteiger partial charge in [0.05, 0.1) is 0 Å². The summed E-state index contributed by atoms with van der Waals surface area (Å²) in [5.74, 6) is -0.120. The number of hydrogen-bond acceptors (Lipinski definition) is 2. The maximum atomic E-state index is 13.6. The number of halogens is 1. The Balaban J connectivity index is 1.38. The molecular formula is C20H24FN3O. The van der Waals surface area contributed by atoms with Crippen LogP contribution < -0.4 is 5.32 Å². The van der Waals surface area contributed by atoms with Crippen molar-refractivity contribution in [2.24, 2.45) is 0 Å². The lowest BCUT2D eigenvalue weighted by Gasteiger charge is -2.34. The molecule has 2 aromatic rings. The summed E-state index contributed by atoms with van der Waals surface area (Å²) in [5.41, 5.74) is 1.60. The number of aryl methyl sites for hydroxylation is 1. The van der Waals surface area contributed by atoms with Gasteiger partial charge in [-0.05, 0) is 43.1 Å². The van der Waals surface area contributed by atoms with E-state index >= 15 is 0 Å². The van der Waals surface area contributed by atoms with Gasteiger partial charge in [0.1, 0.15) is 5.82 Å². The zero-order chi connectivity index (χ0) is 17.5. The van der Waals surface area contributed by atoms with Crippen molar-refractivity contribution >= 4 is 11.7 Å². The molecule has 4 nitrogen and oxygen atoms in total. The summed E-state index contributed by atoms with van der Waals surface area (Å²) >= 11 is 0. The van der Waals surface area contributed by atoms with Crippen LogP contribution in [0.4, 0.5) is 14.9 Å². The lowest BCUT2D eigenvalue weighted by Crippen LogP contribution is -2.50. The molecule has 1 aliphatic rings. The van der Waals surface area contributed by atoms with Crippen LogP contribution in [0.25, 0.3) is 0 Å². The van der Waals surface area contributed by atoms with Gasteiger partial charge in [0.15, 0.2) is 0 Å². The molecular weight excluding hydrogens is 317 g/mol. The second kappa shape index (κ2) is 8.62. The van der Waals surface area contributed by atoms with E-state index in [1.54, 1.807) is 6.07 Å². The van der Waals surface area contributed by atoms with Crippen LogP contribution in [-0.4, -0.2) is 48.6 Å². The van der Waals surface area contributed by atoms with Gasteiger partial charge < -0.3 is 10.2 Å². The number of nitrogens with one attached hydrogen (secondary N) is 1. The van der Waals surface area contributed by atoms with E-state index in [1.165, 1.54) is 6.07 Å². The Morgan fingerprint density at radius 2 is 1.64 bits per heavy atom. The Morgan fingerprint density at radius 3 is 2.36 bits per heavy atom. The molecule has 0 spiro atoms. The zero-order valence-electron chi connectivity index (χ0n) is 14.3. The molecule has 3 rings (SSSR count). The molecule has 1 N–H and O–H groups in total. The van der Waals surface area contributed by atoms with Crippen LogP contribution in [0, 0.1) is 5.82 Å². The maximum Gasteiger partial charge on any atom is 0.321 e. The molecule has 0 radical (unpaired) electrons. The van der Waals surface area contributed by atoms with Gasteiger partial charge >= 0.3 is 6.03 Å². The first kappa shape index (κ1) is 17.4. The Hall–Kier alpha value is -2.40. The van der Waals surface area contributed by atoms with Crippen molar-refractivity contribution in [2.75, 3.05) is 38.0 Å². The molecule has 0 aromatic heterocycles. The van der Waals surface area contributed by atoms with Crippen LogP contribution in [0.15, 0.2) is 54.6 Å². The minimum absolute atomic E-state index is 0.0443. The van der Waals surface area contributed by atoms with Gasteiger partial charge in [0, 0.05) is 31.9 Å². The molecule has 2 amide bonds. The largest absolute Gasteiger partial charge is 0.322 e. The standard InChI is InChI=1S/C20H24FN3O/c21-19-11-5-4-7-17(19)8-6-12-23-13-15-24(16-14-23)20(25)22-18-9-2-1-3-10-18/h1-5,7,9-11H,6,8,12-16H2,(H,22,25). The highest BCUT2D eigenvalue weighted by Gasteiger charge is 2.20. The number of urea groups is 1. The lowest BCUT2D eigenvalue weighted by molar-refractivity contribution is 0.146. The second-order valence-electron chi connectivity index (χ2n) is 6.32. The van der Waals surface area contributed by atoms with E-state index in [2.05, 4.69) is 10.2 Å². The highest BCUT2D eigenvalue weighted by Crippen LogP contribution is 2.11. The van der Waals surface area contributed by atoms with E-state index in [0.717, 1.165) is 56.8 Å². The molecule has 25 heavy (non-hydrogen) atoms. The molecule has 0 unspecified atom stereocenters. The van der Waals surface area contributed by atoms with Crippen molar-refractivity contribution in [1.82, 2.24) is 9.80 Å². The summed E-state index contributed by atoms with van der Waals surface area (Å²) in [7, 11) is 0. The fourth-order valence-corrected chi connectivity index (χ4v) is 3.09. The first-order valence-corrected chi connectivity index (χ1v) is 8.79. The molecule has 1 saturated heterocycles. The van der Waals surface area contributed by atoms with Crippen LogP contribution in [0.1, 0.15) is 12.0 Å². The normalized spacial score (nSPS) is 15.2. The van der Waals surface area contributed by atoms with Crippen LogP contribution in [-0.2, 0) is 6.42 Å². The number of hydrogen-bond donors (Lipinski definition) is 1. The summed E-state index contributed by atoms with van der Waals surface area (Å²) < 4.78 is 13.6. The van der Waals surface area contributed by atoms with Gasteiger partial charge in [-0.2, -0.15) is 0 Å². The number of amides is 2. The maximum absolute atomic E-state index is 13.6. The molecule has 0 bridgehead atoms. The topological polar surface area (TPSA) is 35.6 Å². The lowest BCUT2D eigenvalue weighted by atomic mass is 10.1. The van der Waals surface area contributed by atoms with Crippen molar-refractivity contribution in [3.05, 3.63) is 66.0 Å². The average Bonchev–Trinajstić information content (AvgIpc) is 2.65. The summed E-state index contributed by atoms with van der Waals surface area (Å²) in [6.45, 7) is 4.10. The number of rotatable bonds is 5. The van der Waals surface area contributed by atoms with Crippen LogP contribution in [0.3, 0.4) is 0 Å². The molecule has 132 valence electrons. The first-order chi connectivity index (χ1) is 12.2. The fraction of sp³-hybridized carbons (Fsp3) is 0.350. The van der Waals surface area contributed by atoms with Crippen molar-refractivity contribution in [1.29, 1.82) is 0 Å². The van der Waals surface area contributed by atoms with Crippen molar-refractivity contribution in [3.8, 4) is 0 Å². The smallest absolute Gasteiger partial charge is 0.321 e. The molecule has 1 heterocycles. The Labute approximate surface area is 148 Å². The van der Waals surface area contributed by atoms with Crippen LogP contribution in [0.2, 0.25) is 0 Å². The van der Waals surface area contributed by atoms with Gasteiger partial charge in [0.25, 0.3) is 0 Å².